The molecule has 10 nitrogen and oxygen atoms in total. The fourth-order valence-corrected chi connectivity index (χ4v) is 6.05. The van der Waals surface area contributed by atoms with Crippen molar-refractivity contribution in [3.63, 3.8) is 0 Å². The third-order valence-electron chi connectivity index (χ3n) is 8.17. The average molecular weight is 627 g/mol. The Bertz CT molecular complexity index is 1670. The molecule has 2 atom stereocenters. The highest BCUT2D eigenvalue weighted by Crippen LogP contribution is 2.46. The molecule has 0 spiro atoms. The topological polar surface area (TPSA) is 96.0 Å². The van der Waals surface area contributed by atoms with Crippen molar-refractivity contribution in [1.29, 1.82) is 0 Å². The molecule has 1 aliphatic heterocycles. The Hall–Kier alpha value is -5.38. The Kier molecular flexibility index (Phi) is 9.55. The molecule has 0 fully saturated rings. The van der Waals surface area contributed by atoms with Gasteiger partial charge in [-0.05, 0) is 61.4 Å². The van der Waals surface area contributed by atoms with Gasteiger partial charge < -0.3 is 38.2 Å². The van der Waals surface area contributed by atoms with Crippen LogP contribution in [0, 0.1) is 0 Å². The van der Waals surface area contributed by atoms with Crippen molar-refractivity contribution in [2.24, 2.45) is 0 Å². The molecule has 46 heavy (non-hydrogen) atoms. The van der Waals surface area contributed by atoms with Crippen LogP contribution in [0.1, 0.15) is 45.7 Å². The SMILES string of the molecule is COc1cc(C(=O)N2c3ccccc3[C@H](N(C(=O)c3cc(OC)c(OC)c(OC)c3)c3ccccc3)C[C@H]2C)cc(OC)c1OC. The lowest BCUT2D eigenvalue weighted by Crippen LogP contribution is -2.47. The summed E-state index contributed by atoms with van der Waals surface area (Å²) in [5, 5.41) is 0. The van der Waals surface area contributed by atoms with Crippen molar-refractivity contribution in [1.82, 2.24) is 0 Å². The van der Waals surface area contributed by atoms with Crippen LogP contribution in [0.4, 0.5) is 11.4 Å². The molecule has 0 N–H and O–H groups in total. The summed E-state index contributed by atoms with van der Waals surface area (Å²) in [5.74, 6) is 1.81. The highest BCUT2D eigenvalue weighted by Gasteiger charge is 2.40. The van der Waals surface area contributed by atoms with Crippen LogP contribution >= 0.6 is 0 Å². The molecule has 240 valence electrons. The van der Waals surface area contributed by atoms with Crippen LogP contribution < -0.4 is 38.2 Å². The molecule has 2 amide bonds. The predicted octanol–water partition coefficient (Wildman–Crippen LogP) is 6.57. The van der Waals surface area contributed by atoms with Crippen LogP contribution in [0.2, 0.25) is 0 Å². The van der Waals surface area contributed by atoms with Crippen molar-refractivity contribution in [2.75, 3.05) is 52.5 Å². The second kappa shape index (κ2) is 13.7. The van der Waals surface area contributed by atoms with E-state index in [9.17, 15) is 9.59 Å². The highest BCUT2D eigenvalue weighted by molar-refractivity contribution is 6.10. The Morgan fingerprint density at radius 3 is 1.63 bits per heavy atom. The van der Waals surface area contributed by atoms with Gasteiger partial charge in [0.25, 0.3) is 11.8 Å². The van der Waals surface area contributed by atoms with Gasteiger partial charge in [0, 0.05) is 28.5 Å². The molecule has 10 heteroatoms. The first kappa shape index (κ1) is 32.0. The lowest BCUT2D eigenvalue weighted by atomic mass is 9.89. The van der Waals surface area contributed by atoms with Gasteiger partial charge in [-0.15, -0.1) is 0 Å². The summed E-state index contributed by atoms with van der Waals surface area (Å²) in [5.41, 5.74) is 2.97. The van der Waals surface area contributed by atoms with Gasteiger partial charge >= 0.3 is 0 Å². The number of anilines is 2. The molecule has 0 unspecified atom stereocenters. The zero-order valence-corrected chi connectivity index (χ0v) is 27.0. The first-order valence-electron chi connectivity index (χ1n) is 14.7. The van der Waals surface area contributed by atoms with Crippen molar-refractivity contribution < 1.29 is 38.0 Å². The molecule has 0 saturated carbocycles. The maximum absolute atomic E-state index is 14.6. The number of carbonyl (C=O) groups is 2. The molecule has 4 aromatic rings. The minimum atomic E-state index is -0.413. The molecule has 5 rings (SSSR count). The van der Waals surface area contributed by atoms with E-state index in [-0.39, 0.29) is 17.9 Å². The number of ether oxygens (including phenoxy) is 6. The summed E-state index contributed by atoms with van der Waals surface area (Å²) >= 11 is 0. The van der Waals surface area contributed by atoms with Gasteiger partial charge in [0.1, 0.15) is 0 Å². The Morgan fingerprint density at radius 2 is 1.13 bits per heavy atom. The summed E-state index contributed by atoms with van der Waals surface area (Å²) in [6.07, 6.45) is 0.457. The molecule has 0 bridgehead atoms. The van der Waals surface area contributed by atoms with Gasteiger partial charge in [-0.25, -0.2) is 0 Å². The maximum Gasteiger partial charge on any atom is 0.259 e. The molecule has 4 aromatic carbocycles. The molecule has 0 aliphatic carbocycles. The monoisotopic (exact) mass is 626 g/mol. The molecule has 1 heterocycles. The Labute approximate surface area is 269 Å². The zero-order chi connectivity index (χ0) is 33.0. The Balaban J connectivity index is 1.62. The number of hydrogen-bond donors (Lipinski definition) is 0. The number of methoxy groups -OCH3 is 6. The molecule has 1 aliphatic rings. The summed E-state index contributed by atoms with van der Waals surface area (Å²) in [6.45, 7) is 1.98. The summed E-state index contributed by atoms with van der Waals surface area (Å²) in [7, 11) is 9.08. The van der Waals surface area contributed by atoms with E-state index in [1.807, 2.05) is 61.5 Å². The van der Waals surface area contributed by atoms with Crippen LogP contribution in [0.3, 0.4) is 0 Å². The second-order valence-corrected chi connectivity index (χ2v) is 10.7. The van der Waals surface area contributed by atoms with Crippen molar-refractivity contribution >= 4 is 23.2 Å². The van der Waals surface area contributed by atoms with Crippen LogP contribution in [-0.4, -0.2) is 60.5 Å². The van der Waals surface area contributed by atoms with Crippen LogP contribution in [0.15, 0.2) is 78.9 Å². The number of rotatable bonds is 10. The quantitative estimate of drug-likeness (QED) is 0.195. The molecular formula is C36H38N2O8. The first-order valence-corrected chi connectivity index (χ1v) is 14.7. The number of fused-ring (bicyclic) bond motifs is 1. The van der Waals surface area contributed by atoms with Gasteiger partial charge in [0.15, 0.2) is 23.0 Å². The molecular weight excluding hydrogens is 588 g/mol. The average Bonchev–Trinajstić information content (AvgIpc) is 3.10. The molecule has 0 aromatic heterocycles. The fourth-order valence-electron chi connectivity index (χ4n) is 6.05. The third-order valence-corrected chi connectivity index (χ3v) is 8.17. The maximum atomic E-state index is 14.6. The van der Waals surface area contributed by atoms with Crippen molar-refractivity contribution in [3.8, 4) is 34.5 Å². The third kappa shape index (κ3) is 5.74. The van der Waals surface area contributed by atoms with Crippen LogP contribution in [0.25, 0.3) is 0 Å². The number of benzene rings is 4. The van der Waals surface area contributed by atoms with E-state index < -0.39 is 6.04 Å². The second-order valence-electron chi connectivity index (χ2n) is 10.7. The standard InChI is InChI=1S/C36H38N2O8/c1-22-17-28(38(25-13-9-8-10-14-25)36(40)24-20-31(43-4)34(46-7)32(21-24)44-5)26-15-11-12-16-27(26)37(22)35(39)23-18-29(41-2)33(45-6)30(19-23)42-3/h8-16,18-22,28H,17H2,1-7H3/t22-,28-/m1/s1. The number of carbonyl (C=O) groups excluding carboxylic acids is 2. The number of hydrogen-bond acceptors (Lipinski definition) is 8. The minimum absolute atomic E-state index is 0.236. The van der Waals surface area contributed by atoms with E-state index in [0.717, 1.165) is 5.56 Å². The van der Waals surface area contributed by atoms with Crippen LogP contribution in [0.5, 0.6) is 34.5 Å². The minimum Gasteiger partial charge on any atom is -0.493 e. The summed E-state index contributed by atoms with van der Waals surface area (Å²) < 4.78 is 33.1. The summed E-state index contributed by atoms with van der Waals surface area (Å²) in [6, 6.07) is 23.0. The van der Waals surface area contributed by atoms with Gasteiger partial charge in [0.05, 0.1) is 48.7 Å². The lowest BCUT2D eigenvalue weighted by Gasteiger charge is -2.43. The van der Waals surface area contributed by atoms with E-state index in [4.69, 9.17) is 28.4 Å². The zero-order valence-electron chi connectivity index (χ0n) is 27.0. The fraction of sp³-hybridized carbons (Fsp3) is 0.278. The van der Waals surface area contributed by atoms with E-state index in [1.165, 1.54) is 42.7 Å². The Morgan fingerprint density at radius 1 is 0.652 bits per heavy atom. The lowest BCUT2D eigenvalue weighted by molar-refractivity contribution is 0.0964. The summed E-state index contributed by atoms with van der Waals surface area (Å²) in [4.78, 5) is 32.4. The smallest absolute Gasteiger partial charge is 0.259 e. The van der Waals surface area contributed by atoms with Gasteiger partial charge in [-0.1, -0.05) is 36.4 Å². The first-order chi connectivity index (χ1) is 22.3. The van der Waals surface area contributed by atoms with E-state index >= 15 is 0 Å². The van der Waals surface area contributed by atoms with Gasteiger partial charge in [-0.2, -0.15) is 0 Å². The normalized spacial score (nSPS) is 15.3. The van der Waals surface area contributed by atoms with E-state index in [1.54, 1.807) is 34.1 Å². The number of para-hydroxylation sites is 2. The molecule has 0 radical (unpaired) electrons. The largest absolute Gasteiger partial charge is 0.493 e. The number of amides is 2. The highest BCUT2D eigenvalue weighted by atomic mass is 16.5. The van der Waals surface area contributed by atoms with Gasteiger partial charge in [0.2, 0.25) is 11.5 Å². The van der Waals surface area contributed by atoms with Crippen molar-refractivity contribution in [2.45, 2.75) is 25.4 Å². The van der Waals surface area contributed by atoms with Crippen LogP contribution in [-0.2, 0) is 0 Å². The van der Waals surface area contributed by atoms with E-state index in [2.05, 4.69) is 0 Å². The predicted molar refractivity (Wildman–Crippen MR) is 176 cm³/mol. The van der Waals surface area contributed by atoms with Crippen molar-refractivity contribution in [3.05, 3.63) is 95.6 Å². The van der Waals surface area contributed by atoms with Gasteiger partial charge in [-0.3, -0.25) is 9.59 Å². The molecule has 0 saturated heterocycles. The number of nitrogens with zero attached hydrogens (tertiary/aromatic N) is 2. The van der Waals surface area contributed by atoms with E-state index in [0.29, 0.717) is 63.4 Å².